The second-order valence-electron chi connectivity index (χ2n) is 3.71. The quantitative estimate of drug-likeness (QED) is 0.723. The SMILES string of the molecule is COCc1ccc(C=CCCSC(C)=O)cc1. The van der Waals surface area contributed by atoms with Crippen LogP contribution in [0.3, 0.4) is 0 Å². The molecule has 0 atom stereocenters. The summed E-state index contributed by atoms with van der Waals surface area (Å²) in [6.45, 7) is 2.25. The van der Waals surface area contributed by atoms with Gasteiger partial charge in [-0.3, -0.25) is 4.79 Å². The smallest absolute Gasteiger partial charge is 0.185 e. The van der Waals surface area contributed by atoms with Crippen molar-refractivity contribution >= 4 is 23.0 Å². The van der Waals surface area contributed by atoms with Crippen molar-refractivity contribution in [3.05, 3.63) is 41.5 Å². The van der Waals surface area contributed by atoms with Crippen molar-refractivity contribution in [2.75, 3.05) is 12.9 Å². The molecule has 0 spiro atoms. The molecule has 0 unspecified atom stereocenters. The number of methoxy groups -OCH3 is 1. The standard InChI is InChI=1S/C14H18O2S/c1-12(15)17-10-4-3-5-13-6-8-14(9-7-13)11-16-2/h3,5-9H,4,10-11H2,1-2H3. The minimum absolute atomic E-state index is 0.183. The van der Waals surface area contributed by atoms with E-state index in [-0.39, 0.29) is 5.12 Å². The first-order chi connectivity index (χ1) is 8.22. The maximum Gasteiger partial charge on any atom is 0.185 e. The van der Waals surface area contributed by atoms with Gasteiger partial charge in [0.05, 0.1) is 6.61 Å². The number of thioether (sulfide) groups is 1. The average molecular weight is 250 g/mol. The molecule has 0 saturated carbocycles. The van der Waals surface area contributed by atoms with Crippen LogP contribution in [0.1, 0.15) is 24.5 Å². The van der Waals surface area contributed by atoms with Crippen LogP contribution >= 0.6 is 11.8 Å². The molecule has 1 aromatic carbocycles. The molecule has 0 radical (unpaired) electrons. The van der Waals surface area contributed by atoms with Crippen LogP contribution in [0.4, 0.5) is 0 Å². The highest BCUT2D eigenvalue weighted by molar-refractivity contribution is 8.13. The van der Waals surface area contributed by atoms with Gasteiger partial charge in [0.1, 0.15) is 0 Å². The van der Waals surface area contributed by atoms with Crippen molar-refractivity contribution in [2.45, 2.75) is 20.0 Å². The first-order valence-corrected chi connectivity index (χ1v) is 6.58. The second-order valence-corrected chi connectivity index (χ2v) is 4.98. The Morgan fingerprint density at radius 2 is 2.06 bits per heavy atom. The fourth-order valence-corrected chi connectivity index (χ4v) is 1.92. The predicted octanol–water partition coefficient (Wildman–Crippen LogP) is 3.52. The summed E-state index contributed by atoms with van der Waals surface area (Å²) in [6.07, 6.45) is 5.10. The van der Waals surface area contributed by atoms with Crippen LogP contribution in [0.5, 0.6) is 0 Å². The number of rotatable bonds is 6. The predicted molar refractivity (Wildman–Crippen MR) is 73.9 cm³/mol. The zero-order valence-electron chi connectivity index (χ0n) is 10.3. The molecule has 0 amide bonds. The Bertz CT molecular complexity index is 368. The summed E-state index contributed by atoms with van der Waals surface area (Å²) in [5.41, 5.74) is 2.36. The van der Waals surface area contributed by atoms with E-state index in [1.54, 1.807) is 14.0 Å². The third kappa shape index (κ3) is 6.29. The van der Waals surface area contributed by atoms with E-state index in [9.17, 15) is 4.79 Å². The summed E-state index contributed by atoms with van der Waals surface area (Å²) < 4.78 is 5.05. The fourth-order valence-electron chi connectivity index (χ4n) is 1.38. The molecule has 0 bridgehead atoms. The average Bonchev–Trinajstić information content (AvgIpc) is 2.31. The maximum absolute atomic E-state index is 10.7. The largest absolute Gasteiger partial charge is 0.380 e. The molecule has 3 heteroatoms. The van der Waals surface area contributed by atoms with E-state index in [4.69, 9.17) is 4.74 Å². The van der Waals surface area contributed by atoms with Crippen molar-refractivity contribution in [1.29, 1.82) is 0 Å². The maximum atomic E-state index is 10.7. The Morgan fingerprint density at radius 1 is 1.35 bits per heavy atom. The van der Waals surface area contributed by atoms with Crippen molar-refractivity contribution in [1.82, 2.24) is 0 Å². The van der Waals surface area contributed by atoms with Gasteiger partial charge in [0.15, 0.2) is 5.12 Å². The van der Waals surface area contributed by atoms with Crippen LogP contribution < -0.4 is 0 Å². The first-order valence-electron chi connectivity index (χ1n) is 5.60. The number of hydrogen-bond donors (Lipinski definition) is 0. The molecular formula is C14H18O2S. The molecule has 0 heterocycles. The van der Waals surface area contributed by atoms with Crippen LogP contribution in [0.15, 0.2) is 30.3 Å². The van der Waals surface area contributed by atoms with E-state index >= 15 is 0 Å². The summed E-state index contributed by atoms with van der Waals surface area (Å²) in [4.78, 5) is 10.7. The van der Waals surface area contributed by atoms with Gasteiger partial charge in [0, 0.05) is 19.8 Å². The number of carbonyl (C=O) groups excluding carboxylic acids is 1. The molecule has 0 aliphatic rings. The minimum atomic E-state index is 0.183. The Morgan fingerprint density at radius 3 is 2.65 bits per heavy atom. The number of benzene rings is 1. The van der Waals surface area contributed by atoms with E-state index in [0.717, 1.165) is 12.2 Å². The molecule has 17 heavy (non-hydrogen) atoms. The van der Waals surface area contributed by atoms with E-state index in [2.05, 4.69) is 36.4 Å². The van der Waals surface area contributed by atoms with Crippen molar-refractivity contribution < 1.29 is 9.53 Å². The highest BCUT2D eigenvalue weighted by Gasteiger charge is 1.92. The third-order valence-corrected chi connectivity index (χ3v) is 3.04. The lowest BCUT2D eigenvalue weighted by Crippen LogP contribution is -1.86. The molecule has 0 aliphatic heterocycles. The fraction of sp³-hybridized carbons (Fsp3) is 0.357. The van der Waals surface area contributed by atoms with Crippen LogP contribution in [0.2, 0.25) is 0 Å². The van der Waals surface area contributed by atoms with Crippen LogP contribution in [-0.2, 0) is 16.1 Å². The van der Waals surface area contributed by atoms with Crippen LogP contribution in [0.25, 0.3) is 6.08 Å². The molecule has 0 aliphatic carbocycles. The Kier molecular flexibility index (Phi) is 6.67. The summed E-state index contributed by atoms with van der Waals surface area (Å²) in [5, 5.41) is 0.183. The van der Waals surface area contributed by atoms with Crippen molar-refractivity contribution in [2.24, 2.45) is 0 Å². The molecule has 1 aromatic rings. The number of hydrogen-bond acceptors (Lipinski definition) is 3. The summed E-state index contributed by atoms with van der Waals surface area (Å²) in [6, 6.07) is 8.27. The van der Waals surface area contributed by atoms with Crippen LogP contribution in [0, 0.1) is 0 Å². The topological polar surface area (TPSA) is 26.3 Å². The first kappa shape index (κ1) is 14.0. The normalized spacial score (nSPS) is 10.9. The molecule has 1 rings (SSSR count). The van der Waals surface area contributed by atoms with Gasteiger partial charge in [-0.05, 0) is 17.5 Å². The Labute approximate surface area is 107 Å². The van der Waals surface area contributed by atoms with Gasteiger partial charge < -0.3 is 4.74 Å². The molecule has 0 aromatic heterocycles. The van der Waals surface area contributed by atoms with Gasteiger partial charge in [0.25, 0.3) is 0 Å². The minimum Gasteiger partial charge on any atom is -0.380 e. The number of carbonyl (C=O) groups is 1. The van der Waals surface area contributed by atoms with Gasteiger partial charge in [-0.25, -0.2) is 0 Å². The Hall–Kier alpha value is -1.06. The van der Waals surface area contributed by atoms with Crippen molar-refractivity contribution in [3.8, 4) is 0 Å². The molecule has 0 saturated heterocycles. The molecule has 92 valence electrons. The van der Waals surface area contributed by atoms with E-state index in [1.165, 1.54) is 22.9 Å². The third-order valence-electron chi connectivity index (χ3n) is 2.19. The van der Waals surface area contributed by atoms with Gasteiger partial charge in [0.2, 0.25) is 0 Å². The zero-order chi connectivity index (χ0) is 12.5. The van der Waals surface area contributed by atoms with E-state index in [0.29, 0.717) is 6.61 Å². The van der Waals surface area contributed by atoms with Crippen molar-refractivity contribution in [3.63, 3.8) is 0 Å². The summed E-state index contributed by atoms with van der Waals surface area (Å²) >= 11 is 1.37. The lowest BCUT2D eigenvalue weighted by molar-refractivity contribution is -0.109. The number of allylic oxidation sites excluding steroid dienone is 1. The van der Waals surface area contributed by atoms with Crippen LogP contribution in [-0.4, -0.2) is 18.0 Å². The lowest BCUT2D eigenvalue weighted by atomic mass is 10.1. The van der Waals surface area contributed by atoms with Gasteiger partial charge in [-0.2, -0.15) is 0 Å². The van der Waals surface area contributed by atoms with E-state index in [1.807, 2.05) is 0 Å². The number of ether oxygens (including phenoxy) is 1. The summed E-state index contributed by atoms with van der Waals surface area (Å²) in [5.74, 6) is 0.855. The summed E-state index contributed by atoms with van der Waals surface area (Å²) in [7, 11) is 1.69. The van der Waals surface area contributed by atoms with Gasteiger partial charge in [-0.1, -0.05) is 48.2 Å². The molecular weight excluding hydrogens is 232 g/mol. The highest BCUT2D eigenvalue weighted by Crippen LogP contribution is 2.09. The lowest BCUT2D eigenvalue weighted by Gasteiger charge is -1.99. The second kappa shape index (κ2) is 8.09. The monoisotopic (exact) mass is 250 g/mol. The van der Waals surface area contributed by atoms with Gasteiger partial charge in [-0.15, -0.1) is 0 Å². The molecule has 2 nitrogen and oxygen atoms in total. The van der Waals surface area contributed by atoms with Gasteiger partial charge >= 0.3 is 0 Å². The highest BCUT2D eigenvalue weighted by atomic mass is 32.2. The zero-order valence-corrected chi connectivity index (χ0v) is 11.1. The molecule has 0 fully saturated rings. The molecule has 0 N–H and O–H groups in total. The Balaban J connectivity index is 2.35. The van der Waals surface area contributed by atoms with E-state index < -0.39 is 0 Å².